The van der Waals surface area contributed by atoms with Crippen LogP contribution in [0.5, 0.6) is 0 Å². The summed E-state index contributed by atoms with van der Waals surface area (Å²) in [6, 6.07) is 0.811. The molecule has 0 radical (unpaired) electrons. The smallest absolute Gasteiger partial charge is 0.0117 e. The van der Waals surface area contributed by atoms with Gasteiger partial charge in [-0.2, -0.15) is 0 Å². The first-order valence-corrected chi connectivity index (χ1v) is 5.77. The van der Waals surface area contributed by atoms with Crippen LogP contribution in [0.25, 0.3) is 0 Å². The standard InChI is InChI=1S/C12H26N2/c1-12(2,3)10-14(5)11-6-8-13(4)9-7-11/h11H,6-10H2,1-5H3. The summed E-state index contributed by atoms with van der Waals surface area (Å²) in [5, 5.41) is 0. The first-order chi connectivity index (χ1) is 6.38. The lowest BCUT2D eigenvalue weighted by atomic mass is 9.94. The van der Waals surface area contributed by atoms with Crippen molar-refractivity contribution in [2.45, 2.75) is 39.7 Å². The van der Waals surface area contributed by atoms with Crippen LogP contribution in [-0.2, 0) is 0 Å². The van der Waals surface area contributed by atoms with Crippen LogP contribution in [0.3, 0.4) is 0 Å². The second-order valence-electron chi connectivity index (χ2n) is 6.01. The lowest BCUT2D eigenvalue weighted by Crippen LogP contribution is -2.44. The molecular weight excluding hydrogens is 172 g/mol. The van der Waals surface area contributed by atoms with Crippen LogP contribution in [0.15, 0.2) is 0 Å². The number of likely N-dealkylation sites (tertiary alicyclic amines) is 1. The molecule has 0 spiro atoms. The van der Waals surface area contributed by atoms with E-state index in [2.05, 4.69) is 44.7 Å². The average Bonchev–Trinajstić information content (AvgIpc) is 2.02. The maximum absolute atomic E-state index is 2.55. The molecule has 0 aromatic heterocycles. The van der Waals surface area contributed by atoms with Crippen molar-refractivity contribution < 1.29 is 0 Å². The van der Waals surface area contributed by atoms with E-state index >= 15 is 0 Å². The molecule has 0 N–H and O–H groups in total. The topological polar surface area (TPSA) is 6.48 Å². The Kier molecular flexibility index (Phi) is 3.96. The highest BCUT2D eigenvalue weighted by atomic mass is 15.2. The number of piperidine rings is 1. The molecule has 0 saturated carbocycles. The van der Waals surface area contributed by atoms with Gasteiger partial charge in [0, 0.05) is 12.6 Å². The zero-order valence-electron chi connectivity index (χ0n) is 10.5. The summed E-state index contributed by atoms with van der Waals surface area (Å²) in [7, 11) is 4.50. The minimum absolute atomic E-state index is 0.429. The van der Waals surface area contributed by atoms with E-state index in [0.29, 0.717) is 5.41 Å². The Morgan fingerprint density at radius 1 is 1.21 bits per heavy atom. The summed E-state index contributed by atoms with van der Waals surface area (Å²) in [6.07, 6.45) is 2.67. The highest BCUT2D eigenvalue weighted by Crippen LogP contribution is 2.20. The minimum Gasteiger partial charge on any atom is -0.306 e. The second-order valence-corrected chi connectivity index (χ2v) is 6.01. The molecule has 14 heavy (non-hydrogen) atoms. The fourth-order valence-electron chi connectivity index (χ4n) is 2.31. The molecule has 1 fully saturated rings. The van der Waals surface area contributed by atoms with Crippen molar-refractivity contribution in [3.63, 3.8) is 0 Å². The van der Waals surface area contributed by atoms with Crippen LogP contribution in [0.1, 0.15) is 33.6 Å². The predicted octanol–water partition coefficient (Wildman–Crippen LogP) is 2.06. The number of rotatable bonds is 2. The molecule has 0 aromatic rings. The normalized spacial score (nSPS) is 21.9. The van der Waals surface area contributed by atoms with E-state index in [9.17, 15) is 0 Å². The van der Waals surface area contributed by atoms with Gasteiger partial charge in [0.25, 0.3) is 0 Å². The van der Waals surface area contributed by atoms with Crippen molar-refractivity contribution in [1.82, 2.24) is 9.80 Å². The highest BCUT2D eigenvalue weighted by Gasteiger charge is 2.23. The molecule has 0 amide bonds. The van der Waals surface area contributed by atoms with E-state index in [-0.39, 0.29) is 0 Å². The fourth-order valence-corrected chi connectivity index (χ4v) is 2.31. The molecule has 0 bridgehead atoms. The van der Waals surface area contributed by atoms with Crippen LogP contribution in [0, 0.1) is 5.41 Å². The Balaban J connectivity index is 2.34. The van der Waals surface area contributed by atoms with E-state index in [1.165, 1.54) is 32.5 Å². The summed E-state index contributed by atoms with van der Waals surface area (Å²) >= 11 is 0. The maximum Gasteiger partial charge on any atom is 0.0117 e. The molecule has 2 nitrogen and oxygen atoms in total. The third kappa shape index (κ3) is 3.97. The minimum atomic E-state index is 0.429. The van der Waals surface area contributed by atoms with Gasteiger partial charge in [-0.15, -0.1) is 0 Å². The van der Waals surface area contributed by atoms with Gasteiger partial charge >= 0.3 is 0 Å². The van der Waals surface area contributed by atoms with Gasteiger partial charge in [0.05, 0.1) is 0 Å². The Hall–Kier alpha value is -0.0800. The summed E-state index contributed by atoms with van der Waals surface area (Å²) in [5.74, 6) is 0. The third-order valence-corrected chi connectivity index (χ3v) is 3.04. The Morgan fingerprint density at radius 2 is 1.71 bits per heavy atom. The third-order valence-electron chi connectivity index (χ3n) is 3.04. The van der Waals surface area contributed by atoms with Crippen molar-refractivity contribution in [3.05, 3.63) is 0 Å². The van der Waals surface area contributed by atoms with Crippen molar-refractivity contribution in [3.8, 4) is 0 Å². The van der Waals surface area contributed by atoms with E-state index in [4.69, 9.17) is 0 Å². The molecule has 0 atom stereocenters. The largest absolute Gasteiger partial charge is 0.306 e. The molecule has 1 heterocycles. The lowest BCUT2D eigenvalue weighted by molar-refractivity contribution is 0.113. The molecule has 0 aromatic carbocycles. The molecule has 84 valence electrons. The summed E-state index contributed by atoms with van der Waals surface area (Å²) in [6.45, 7) is 10.7. The lowest BCUT2D eigenvalue weighted by Gasteiger charge is -2.38. The number of hydrogen-bond donors (Lipinski definition) is 0. The van der Waals surface area contributed by atoms with E-state index < -0.39 is 0 Å². The van der Waals surface area contributed by atoms with Crippen LogP contribution in [0.2, 0.25) is 0 Å². The molecule has 1 saturated heterocycles. The van der Waals surface area contributed by atoms with Gasteiger partial charge in [0.15, 0.2) is 0 Å². The van der Waals surface area contributed by atoms with Crippen LogP contribution >= 0.6 is 0 Å². The molecule has 1 aliphatic heterocycles. The van der Waals surface area contributed by atoms with Crippen LogP contribution in [-0.4, -0.2) is 49.6 Å². The van der Waals surface area contributed by atoms with Crippen LogP contribution in [0.4, 0.5) is 0 Å². The van der Waals surface area contributed by atoms with Gasteiger partial charge in [-0.1, -0.05) is 20.8 Å². The summed E-state index contributed by atoms with van der Waals surface area (Å²) in [5.41, 5.74) is 0.429. The van der Waals surface area contributed by atoms with Crippen molar-refractivity contribution in [2.24, 2.45) is 5.41 Å². The zero-order chi connectivity index (χ0) is 10.8. The summed E-state index contributed by atoms with van der Waals surface area (Å²) in [4.78, 5) is 4.98. The summed E-state index contributed by atoms with van der Waals surface area (Å²) < 4.78 is 0. The Morgan fingerprint density at radius 3 is 2.14 bits per heavy atom. The Bertz CT molecular complexity index is 164. The van der Waals surface area contributed by atoms with Crippen molar-refractivity contribution >= 4 is 0 Å². The number of nitrogens with zero attached hydrogens (tertiary/aromatic N) is 2. The average molecular weight is 198 g/mol. The first kappa shape index (κ1) is 12.0. The second kappa shape index (κ2) is 4.63. The molecule has 1 rings (SSSR count). The highest BCUT2D eigenvalue weighted by molar-refractivity contribution is 4.79. The van der Waals surface area contributed by atoms with Gasteiger partial charge in [-0.25, -0.2) is 0 Å². The fraction of sp³-hybridized carbons (Fsp3) is 1.00. The molecule has 1 aliphatic rings. The SMILES string of the molecule is CN1CCC(N(C)CC(C)(C)C)CC1. The van der Waals surface area contributed by atoms with E-state index in [0.717, 1.165) is 6.04 Å². The quantitative estimate of drug-likeness (QED) is 0.670. The maximum atomic E-state index is 2.55. The van der Waals surface area contributed by atoms with Gasteiger partial charge in [0.1, 0.15) is 0 Å². The predicted molar refractivity (Wildman–Crippen MR) is 62.6 cm³/mol. The number of hydrogen-bond acceptors (Lipinski definition) is 2. The van der Waals surface area contributed by atoms with E-state index in [1.807, 2.05) is 0 Å². The first-order valence-electron chi connectivity index (χ1n) is 5.77. The zero-order valence-corrected chi connectivity index (χ0v) is 10.5. The van der Waals surface area contributed by atoms with Crippen LogP contribution < -0.4 is 0 Å². The molecule has 0 aliphatic carbocycles. The van der Waals surface area contributed by atoms with Gasteiger partial charge in [0.2, 0.25) is 0 Å². The Labute approximate surface area is 89.3 Å². The van der Waals surface area contributed by atoms with Crippen molar-refractivity contribution in [1.29, 1.82) is 0 Å². The van der Waals surface area contributed by atoms with Gasteiger partial charge in [-0.3, -0.25) is 0 Å². The van der Waals surface area contributed by atoms with Crippen molar-refractivity contribution in [2.75, 3.05) is 33.7 Å². The van der Waals surface area contributed by atoms with E-state index in [1.54, 1.807) is 0 Å². The molecular formula is C12H26N2. The van der Waals surface area contributed by atoms with Gasteiger partial charge in [-0.05, 0) is 45.4 Å². The van der Waals surface area contributed by atoms with Gasteiger partial charge < -0.3 is 9.80 Å². The molecule has 0 unspecified atom stereocenters. The monoisotopic (exact) mass is 198 g/mol. The molecule has 2 heteroatoms.